The first-order valence-corrected chi connectivity index (χ1v) is 9.04. The highest BCUT2D eigenvalue weighted by Gasteiger charge is 2.24. The largest absolute Gasteiger partial charge is 0.495 e. The fourth-order valence-corrected chi connectivity index (χ4v) is 3.57. The van der Waals surface area contributed by atoms with Crippen LogP contribution in [0.4, 0.5) is 5.69 Å². The lowest BCUT2D eigenvalue weighted by molar-refractivity contribution is -0.115. The first kappa shape index (κ1) is 18.3. The molecular formula is C18H17ClN4O2S. The lowest BCUT2D eigenvalue weighted by Crippen LogP contribution is -2.19. The molecule has 8 heteroatoms. The number of carbonyl (C=O) groups excluding carboxylic acids is 1. The first-order chi connectivity index (χ1) is 12.6. The van der Waals surface area contributed by atoms with E-state index in [-0.39, 0.29) is 5.91 Å². The topological polar surface area (TPSA) is 69.0 Å². The van der Waals surface area contributed by atoms with Gasteiger partial charge in [-0.3, -0.25) is 4.79 Å². The Labute approximate surface area is 160 Å². The van der Waals surface area contributed by atoms with Gasteiger partial charge in [-0.1, -0.05) is 53.7 Å². The molecular weight excluding hydrogens is 372 g/mol. The zero-order valence-electron chi connectivity index (χ0n) is 14.2. The lowest BCUT2D eigenvalue weighted by atomic mass is 10.1. The Hall–Kier alpha value is -2.51. The molecule has 0 aliphatic rings. The number of nitrogens with one attached hydrogen (secondary N) is 1. The third-order valence-electron chi connectivity index (χ3n) is 3.65. The van der Waals surface area contributed by atoms with Crippen molar-refractivity contribution < 1.29 is 9.53 Å². The first-order valence-electron chi connectivity index (χ1n) is 7.78. The van der Waals surface area contributed by atoms with Crippen LogP contribution in [0.25, 0.3) is 0 Å². The number of nitrogens with zero attached hydrogens (tertiary/aromatic N) is 3. The molecule has 134 valence electrons. The third-order valence-corrected chi connectivity index (χ3v) is 5.25. The quantitative estimate of drug-likeness (QED) is 0.647. The summed E-state index contributed by atoms with van der Waals surface area (Å²) >= 11 is 7.48. The van der Waals surface area contributed by atoms with Gasteiger partial charge in [0, 0.05) is 12.7 Å². The molecule has 2 aromatic carbocycles. The fourth-order valence-electron chi connectivity index (χ4n) is 2.34. The Morgan fingerprint density at radius 3 is 2.65 bits per heavy atom. The number of thioether (sulfide) groups is 1. The molecule has 26 heavy (non-hydrogen) atoms. The van der Waals surface area contributed by atoms with Crippen molar-refractivity contribution in [3.05, 3.63) is 65.4 Å². The Balaban J connectivity index is 1.85. The van der Waals surface area contributed by atoms with E-state index in [1.807, 2.05) is 37.4 Å². The number of aromatic nitrogens is 3. The Morgan fingerprint density at radius 2 is 2.04 bits per heavy atom. The molecule has 3 rings (SSSR count). The predicted octanol–water partition coefficient (Wildman–Crippen LogP) is 3.95. The van der Waals surface area contributed by atoms with E-state index >= 15 is 0 Å². The minimum absolute atomic E-state index is 0.176. The summed E-state index contributed by atoms with van der Waals surface area (Å²) in [6.07, 6.45) is 1.60. The number of ether oxygens (including phenoxy) is 1. The number of rotatable bonds is 6. The van der Waals surface area contributed by atoms with Crippen molar-refractivity contribution >= 4 is 35.0 Å². The van der Waals surface area contributed by atoms with Gasteiger partial charge in [0.1, 0.15) is 17.3 Å². The van der Waals surface area contributed by atoms with E-state index < -0.39 is 5.25 Å². The summed E-state index contributed by atoms with van der Waals surface area (Å²) in [7, 11) is 3.38. The SMILES string of the molecule is COc1ccc(NC(=O)[C@H](Sc2nncn2C)c2ccccc2)cc1Cl. The van der Waals surface area contributed by atoms with E-state index in [9.17, 15) is 4.79 Å². The smallest absolute Gasteiger partial charge is 0.242 e. The molecule has 1 amide bonds. The molecule has 0 bridgehead atoms. The fraction of sp³-hybridized carbons (Fsp3) is 0.167. The number of carbonyl (C=O) groups is 1. The number of benzene rings is 2. The second-order valence-corrected chi connectivity index (χ2v) is 6.95. The van der Waals surface area contributed by atoms with E-state index in [2.05, 4.69) is 15.5 Å². The predicted molar refractivity (Wildman–Crippen MR) is 103 cm³/mol. The minimum atomic E-state index is -0.486. The number of aryl methyl sites for hydroxylation is 1. The van der Waals surface area contributed by atoms with Crippen molar-refractivity contribution in [1.29, 1.82) is 0 Å². The van der Waals surface area contributed by atoms with Gasteiger partial charge < -0.3 is 14.6 Å². The zero-order valence-corrected chi connectivity index (χ0v) is 15.8. The van der Waals surface area contributed by atoms with Crippen LogP contribution in [0, 0.1) is 0 Å². The number of anilines is 1. The maximum Gasteiger partial charge on any atom is 0.242 e. The molecule has 1 N–H and O–H groups in total. The summed E-state index contributed by atoms with van der Waals surface area (Å²) in [6, 6.07) is 14.7. The Bertz CT molecular complexity index is 901. The van der Waals surface area contributed by atoms with E-state index in [4.69, 9.17) is 16.3 Å². The molecule has 1 atom stereocenters. The number of amides is 1. The Kier molecular flexibility index (Phi) is 5.80. The molecule has 0 radical (unpaired) electrons. The molecule has 0 spiro atoms. The van der Waals surface area contributed by atoms with Crippen LogP contribution >= 0.6 is 23.4 Å². The van der Waals surface area contributed by atoms with E-state index in [0.29, 0.717) is 21.6 Å². The maximum absolute atomic E-state index is 13.0. The summed E-state index contributed by atoms with van der Waals surface area (Å²) < 4.78 is 6.91. The van der Waals surface area contributed by atoms with Crippen LogP contribution in [0.15, 0.2) is 60.0 Å². The van der Waals surface area contributed by atoms with Crippen LogP contribution in [0.1, 0.15) is 10.8 Å². The van der Waals surface area contributed by atoms with Gasteiger partial charge in [0.15, 0.2) is 5.16 Å². The van der Waals surface area contributed by atoms with E-state index in [1.165, 1.54) is 11.8 Å². The highest BCUT2D eigenvalue weighted by atomic mass is 35.5. The summed E-state index contributed by atoms with van der Waals surface area (Å²) in [5.41, 5.74) is 1.47. The van der Waals surface area contributed by atoms with Crippen LogP contribution in [-0.2, 0) is 11.8 Å². The van der Waals surface area contributed by atoms with E-state index in [1.54, 1.807) is 36.2 Å². The minimum Gasteiger partial charge on any atom is -0.495 e. The Morgan fingerprint density at radius 1 is 1.27 bits per heavy atom. The zero-order chi connectivity index (χ0) is 18.5. The third kappa shape index (κ3) is 4.17. The van der Waals surface area contributed by atoms with Crippen LogP contribution in [0.3, 0.4) is 0 Å². The normalized spacial score (nSPS) is 11.8. The average molecular weight is 389 g/mol. The highest BCUT2D eigenvalue weighted by Crippen LogP contribution is 2.35. The van der Waals surface area contributed by atoms with Crippen molar-refractivity contribution in [3.8, 4) is 5.75 Å². The van der Waals surface area contributed by atoms with Gasteiger partial charge in [-0.25, -0.2) is 0 Å². The summed E-state index contributed by atoms with van der Waals surface area (Å²) in [5.74, 6) is 0.378. The standard InChI is InChI=1S/C18H17ClN4O2S/c1-23-11-20-22-18(23)26-16(12-6-4-3-5-7-12)17(24)21-13-8-9-15(25-2)14(19)10-13/h3-11,16H,1-2H3,(H,21,24)/t16-/m1/s1. The summed E-state index contributed by atoms with van der Waals surface area (Å²) in [4.78, 5) is 13.0. The second kappa shape index (κ2) is 8.25. The van der Waals surface area contributed by atoms with Crippen molar-refractivity contribution in [1.82, 2.24) is 14.8 Å². The molecule has 0 fully saturated rings. The summed E-state index contributed by atoms with van der Waals surface area (Å²) in [5, 5.41) is 11.4. The van der Waals surface area contributed by atoms with Crippen LogP contribution in [-0.4, -0.2) is 27.8 Å². The molecule has 6 nitrogen and oxygen atoms in total. The second-order valence-electron chi connectivity index (χ2n) is 5.47. The lowest BCUT2D eigenvalue weighted by Gasteiger charge is -2.17. The number of hydrogen-bond donors (Lipinski definition) is 1. The van der Waals surface area contributed by atoms with Gasteiger partial charge in [-0.05, 0) is 23.8 Å². The molecule has 0 aliphatic carbocycles. The van der Waals surface area contributed by atoms with Crippen LogP contribution in [0.2, 0.25) is 5.02 Å². The highest BCUT2D eigenvalue weighted by molar-refractivity contribution is 8.00. The molecule has 1 aromatic heterocycles. The van der Waals surface area contributed by atoms with Gasteiger partial charge in [0.2, 0.25) is 5.91 Å². The van der Waals surface area contributed by atoms with Crippen molar-refractivity contribution in [2.75, 3.05) is 12.4 Å². The monoisotopic (exact) mass is 388 g/mol. The van der Waals surface area contributed by atoms with Gasteiger partial charge >= 0.3 is 0 Å². The van der Waals surface area contributed by atoms with Crippen LogP contribution < -0.4 is 10.1 Å². The van der Waals surface area contributed by atoms with Gasteiger partial charge in [-0.2, -0.15) is 0 Å². The average Bonchev–Trinajstić information content (AvgIpc) is 3.05. The molecule has 0 aliphatic heterocycles. The molecule has 3 aromatic rings. The molecule has 0 saturated heterocycles. The number of halogens is 1. The number of hydrogen-bond acceptors (Lipinski definition) is 5. The molecule has 0 unspecified atom stereocenters. The number of methoxy groups -OCH3 is 1. The van der Waals surface area contributed by atoms with Crippen molar-refractivity contribution in [3.63, 3.8) is 0 Å². The van der Waals surface area contributed by atoms with Crippen LogP contribution in [0.5, 0.6) is 5.75 Å². The van der Waals surface area contributed by atoms with Gasteiger partial charge in [0.05, 0.1) is 12.1 Å². The van der Waals surface area contributed by atoms with Crippen molar-refractivity contribution in [2.24, 2.45) is 7.05 Å². The van der Waals surface area contributed by atoms with E-state index in [0.717, 1.165) is 5.56 Å². The maximum atomic E-state index is 13.0. The molecule has 0 saturated carbocycles. The van der Waals surface area contributed by atoms with Gasteiger partial charge in [0.25, 0.3) is 0 Å². The molecule has 1 heterocycles. The summed E-state index contributed by atoms with van der Waals surface area (Å²) in [6.45, 7) is 0. The van der Waals surface area contributed by atoms with Gasteiger partial charge in [-0.15, -0.1) is 10.2 Å². The van der Waals surface area contributed by atoms with Crippen molar-refractivity contribution in [2.45, 2.75) is 10.4 Å².